The highest BCUT2D eigenvalue weighted by Crippen LogP contribution is 2.26. The van der Waals surface area contributed by atoms with Gasteiger partial charge in [0.2, 0.25) is 0 Å². The summed E-state index contributed by atoms with van der Waals surface area (Å²) in [6, 6.07) is 5.18. The molecule has 1 aromatic carbocycles. The Labute approximate surface area is 95.6 Å². The summed E-state index contributed by atoms with van der Waals surface area (Å²) in [5, 5.41) is 17.7. The number of halogens is 1. The van der Waals surface area contributed by atoms with E-state index in [9.17, 15) is 4.79 Å². The zero-order chi connectivity index (χ0) is 11.4. The quantitative estimate of drug-likeness (QED) is 0.872. The summed E-state index contributed by atoms with van der Waals surface area (Å²) in [4.78, 5) is 10.4. The minimum Gasteiger partial charge on any atom is -0.496 e. The maximum atomic E-state index is 10.4. The van der Waals surface area contributed by atoms with Gasteiger partial charge in [0.15, 0.2) is 6.10 Å². The monoisotopic (exact) mass is 274 g/mol. The number of rotatable bonds is 4. The van der Waals surface area contributed by atoms with Crippen LogP contribution in [0.1, 0.15) is 5.56 Å². The molecule has 0 radical (unpaired) electrons. The number of methoxy groups -OCH3 is 1. The van der Waals surface area contributed by atoms with E-state index in [-0.39, 0.29) is 6.42 Å². The molecular formula is C10H11BrO4. The number of benzene rings is 1. The molecule has 1 unspecified atom stereocenters. The van der Waals surface area contributed by atoms with Crippen molar-refractivity contribution in [3.63, 3.8) is 0 Å². The van der Waals surface area contributed by atoms with Gasteiger partial charge in [0.25, 0.3) is 0 Å². The molecule has 0 bridgehead atoms. The molecule has 0 amide bonds. The molecule has 0 saturated carbocycles. The number of carbonyl (C=O) groups is 1. The molecule has 0 aliphatic carbocycles. The average Bonchev–Trinajstić information content (AvgIpc) is 2.20. The lowest BCUT2D eigenvalue weighted by atomic mass is 10.1. The first kappa shape index (κ1) is 12.0. The SMILES string of the molecule is COc1cc(CC(O)C(=O)O)ccc1Br. The van der Waals surface area contributed by atoms with Gasteiger partial charge in [-0.2, -0.15) is 0 Å². The summed E-state index contributed by atoms with van der Waals surface area (Å²) in [5.74, 6) is -0.609. The van der Waals surface area contributed by atoms with Crippen molar-refractivity contribution in [1.29, 1.82) is 0 Å². The first-order valence-electron chi connectivity index (χ1n) is 4.28. The number of ether oxygens (including phenoxy) is 1. The molecule has 5 heteroatoms. The molecule has 0 fully saturated rings. The van der Waals surface area contributed by atoms with Crippen molar-refractivity contribution in [2.45, 2.75) is 12.5 Å². The Bertz CT molecular complexity index is 364. The highest BCUT2D eigenvalue weighted by Gasteiger charge is 2.14. The van der Waals surface area contributed by atoms with Gasteiger partial charge in [-0.05, 0) is 33.6 Å². The van der Waals surface area contributed by atoms with Gasteiger partial charge >= 0.3 is 5.97 Å². The van der Waals surface area contributed by atoms with E-state index in [1.165, 1.54) is 7.11 Å². The standard InChI is InChI=1S/C10H11BrO4/c1-15-9-5-6(2-3-7(9)11)4-8(12)10(13)14/h2-3,5,8,12H,4H2,1H3,(H,13,14). The van der Waals surface area contributed by atoms with E-state index < -0.39 is 12.1 Å². The molecule has 0 aliphatic rings. The fourth-order valence-electron chi connectivity index (χ4n) is 1.14. The Morgan fingerprint density at radius 3 is 2.80 bits per heavy atom. The lowest BCUT2D eigenvalue weighted by Crippen LogP contribution is -2.21. The fourth-order valence-corrected chi connectivity index (χ4v) is 1.55. The first-order valence-corrected chi connectivity index (χ1v) is 5.07. The van der Waals surface area contributed by atoms with Crippen molar-refractivity contribution in [1.82, 2.24) is 0 Å². The van der Waals surface area contributed by atoms with E-state index in [1.54, 1.807) is 18.2 Å². The molecular weight excluding hydrogens is 264 g/mol. The van der Waals surface area contributed by atoms with E-state index >= 15 is 0 Å². The van der Waals surface area contributed by atoms with Crippen LogP contribution in [-0.2, 0) is 11.2 Å². The van der Waals surface area contributed by atoms with Crippen LogP contribution in [-0.4, -0.2) is 29.4 Å². The highest BCUT2D eigenvalue weighted by molar-refractivity contribution is 9.10. The summed E-state index contributed by atoms with van der Waals surface area (Å²) < 4.78 is 5.84. The molecule has 82 valence electrons. The number of carboxylic acids is 1. The topological polar surface area (TPSA) is 66.8 Å². The molecule has 0 saturated heterocycles. The highest BCUT2D eigenvalue weighted by atomic mass is 79.9. The Hall–Kier alpha value is -1.07. The number of hydrogen-bond donors (Lipinski definition) is 2. The minimum absolute atomic E-state index is 0.0684. The number of hydrogen-bond acceptors (Lipinski definition) is 3. The number of aliphatic hydroxyl groups excluding tert-OH is 1. The Balaban J connectivity index is 2.83. The predicted octanol–water partition coefficient (Wildman–Crippen LogP) is 1.45. The first-order chi connectivity index (χ1) is 7.04. The van der Waals surface area contributed by atoms with Gasteiger partial charge in [-0.25, -0.2) is 4.79 Å². The smallest absolute Gasteiger partial charge is 0.332 e. The largest absolute Gasteiger partial charge is 0.496 e. The molecule has 1 aromatic rings. The second-order valence-electron chi connectivity index (χ2n) is 3.03. The van der Waals surface area contributed by atoms with Gasteiger partial charge in [0.05, 0.1) is 11.6 Å². The van der Waals surface area contributed by atoms with E-state index in [4.69, 9.17) is 14.9 Å². The normalized spacial score (nSPS) is 12.2. The maximum Gasteiger partial charge on any atom is 0.332 e. The van der Waals surface area contributed by atoms with Crippen molar-refractivity contribution < 1.29 is 19.7 Å². The summed E-state index contributed by atoms with van der Waals surface area (Å²) in [6.45, 7) is 0. The summed E-state index contributed by atoms with van der Waals surface area (Å²) in [5.41, 5.74) is 0.713. The summed E-state index contributed by atoms with van der Waals surface area (Å²) in [6.07, 6.45) is -1.31. The molecule has 0 spiro atoms. The number of carboxylic acid groups (broad SMARTS) is 1. The maximum absolute atomic E-state index is 10.4. The Morgan fingerprint density at radius 2 is 2.27 bits per heavy atom. The van der Waals surface area contributed by atoms with Crippen molar-refractivity contribution in [2.75, 3.05) is 7.11 Å². The second kappa shape index (κ2) is 5.14. The van der Waals surface area contributed by atoms with Gasteiger partial charge in [0, 0.05) is 6.42 Å². The third kappa shape index (κ3) is 3.21. The second-order valence-corrected chi connectivity index (χ2v) is 3.88. The van der Waals surface area contributed by atoms with E-state index in [2.05, 4.69) is 15.9 Å². The average molecular weight is 275 g/mol. The third-order valence-corrected chi connectivity index (χ3v) is 2.58. The molecule has 0 aromatic heterocycles. The lowest BCUT2D eigenvalue weighted by Gasteiger charge is -2.08. The van der Waals surface area contributed by atoms with Crippen LogP contribution >= 0.6 is 15.9 Å². The summed E-state index contributed by atoms with van der Waals surface area (Å²) in [7, 11) is 1.53. The summed E-state index contributed by atoms with van der Waals surface area (Å²) >= 11 is 3.28. The zero-order valence-electron chi connectivity index (χ0n) is 8.11. The molecule has 1 rings (SSSR count). The van der Waals surface area contributed by atoms with Crippen LogP contribution < -0.4 is 4.74 Å². The van der Waals surface area contributed by atoms with Crippen LogP contribution in [0.2, 0.25) is 0 Å². The Kier molecular flexibility index (Phi) is 4.11. The lowest BCUT2D eigenvalue weighted by molar-refractivity contribution is -0.146. The van der Waals surface area contributed by atoms with Gasteiger partial charge < -0.3 is 14.9 Å². The molecule has 4 nitrogen and oxygen atoms in total. The molecule has 2 N–H and O–H groups in total. The van der Waals surface area contributed by atoms with Gasteiger partial charge in [0.1, 0.15) is 5.75 Å². The van der Waals surface area contributed by atoms with E-state index in [0.717, 1.165) is 4.47 Å². The van der Waals surface area contributed by atoms with Crippen molar-refractivity contribution >= 4 is 21.9 Å². The predicted molar refractivity (Wildman–Crippen MR) is 58.0 cm³/mol. The van der Waals surface area contributed by atoms with Crippen LogP contribution in [0.4, 0.5) is 0 Å². The van der Waals surface area contributed by atoms with E-state index in [0.29, 0.717) is 11.3 Å². The van der Waals surface area contributed by atoms with Crippen LogP contribution in [0.15, 0.2) is 22.7 Å². The minimum atomic E-state index is -1.38. The van der Waals surface area contributed by atoms with Crippen LogP contribution in [0.5, 0.6) is 5.75 Å². The van der Waals surface area contributed by atoms with Crippen molar-refractivity contribution in [3.05, 3.63) is 28.2 Å². The molecule has 1 atom stereocenters. The van der Waals surface area contributed by atoms with Gasteiger partial charge in [-0.1, -0.05) is 6.07 Å². The molecule has 0 aliphatic heterocycles. The molecule has 0 heterocycles. The van der Waals surface area contributed by atoms with Crippen molar-refractivity contribution in [2.24, 2.45) is 0 Å². The van der Waals surface area contributed by atoms with Crippen LogP contribution in [0.25, 0.3) is 0 Å². The van der Waals surface area contributed by atoms with Crippen molar-refractivity contribution in [3.8, 4) is 5.75 Å². The fraction of sp³-hybridized carbons (Fsp3) is 0.300. The molecule has 15 heavy (non-hydrogen) atoms. The van der Waals surface area contributed by atoms with Crippen LogP contribution in [0, 0.1) is 0 Å². The Morgan fingerprint density at radius 1 is 1.60 bits per heavy atom. The van der Waals surface area contributed by atoms with Crippen LogP contribution in [0.3, 0.4) is 0 Å². The third-order valence-electron chi connectivity index (χ3n) is 1.93. The van der Waals surface area contributed by atoms with Gasteiger partial charge in [-0.15, -0.1) is 0 Å². The number of aliphatic carboxylic acids is 1. The zero-order valence-corrected chi connectivity index (χ0v) is 9.69. The van der Waals surface area contributed by atoms with Gasteiger partial charge in [-0.3, -0.25) is 0 Å². The number of aliphatic hydroxyl groups is 1. The van der Waals surface area contributed by atoms with E-state index in [1.807, 2.05) is 0 Å².